The molecule has 0 fully saturated rings. The van der Waals surface area contributed by atoms with Crippen molar-refractivity contribution >= 4 is 39.6 Å². The number of nitrogens with zero attached hydrogens (tertiary/aromatic N) is 2. The van der Waals surface area contributed by atoms with Gasteiger partial charge in [-0.25, -0.2) is 0 Å². The number of thioether (sulfide) groups is 1. The zero-order chi connectivity index (χ0) is 16.2. The summed E-state index contributed by atoms with van der Waals surface area (Å²) < 4.78 is 6.43. The highest BCUT2D eigenvalue weighted by molar-refractivity contribution is 9.10. The third kappa shape index (κ3) is 3.80. The first kappa shape index (κ1) is 15.8. The molecule has 1 aromatic heterocycles. The van der Waals surface area contributed by atoms with Gasteiger partial charge in [-0.2, -0.15) is 0 Å². The van der Waals surface area contributed by atoms with E-state index in [1.165, 1.54) is 0 Å². The van der Waals surface area contributed by atoms with E-state index in [4.69, 9.17) is 4.42 Å². The predicted molar refractivity (Wildman–Crippen MR) is 93.6 cm³/mol. The minimum Gasteiger partial charge on any atom is -0.403 e. The fraction of sp³-hybridized carbons (Fsp3) is 0.0625. The molecule has 0 aliphatic rings. The van der Waals surface area contributed by atoms with Crippen LogP contribution >= 0.6 is 27.7 Å². The van der Waals surface area contributed by atoms with E-state index in [0.717, 1.165) is 14.9 Å². The minimum atomic E-state index is -0.288. The normalized spacial score (nSPS) is 10.5. The Morgan fingerprint density at radius 1 is 1.09 bits per heavy atom. The van der Waals surface area contributed by atoms with Crippen LogP contribution in [0.3, 0.4) is 0 Å². The molecule has 0 aliphatic carbocycles. The Bertz CT molecular complexity index is 816. The van der Waals surface area contributed by atoms with Crippen LogP contribution in [0.2, 0.25) is 0 Å². The molecule has 0 atom stereocenters. The van der Waals surface area contributed by atoms with Gasteiger partial charge >= 0.3 is 6.01 Å². The fourth-order valence-corrected chi connectivity index (χ4v) is 2.57. The van der Waals surface area contributed by atoms with Crippen LogP contribution in [0, 0.1) is 0 Å². The van der Waals surface area contributed by atoms with Gasteiger partial charge in [-0.15, -0.1) is 16.9 Å². The third-order valence-corrected chi connectivity index (χ3v) is 4.36. The fourth-order valence-electron chi connectivity index (χ4n) is 1.89. The Morgan fingerprint density at radius 3 is 2.43 bits per heavy atom. The Hall–Kier alpha value is -2.12. The van der Waals surface area contributed by atoms with Gasteiger partial charge in [0, 0.05) is 20.5 Å². The maximum absolute atomic E-state index is 12.2. The van der Waals surface area contributed by atoms with Crippen molar-refractivity contribution in [2.75, 3.05) is 11.6 Å². The number of hydrogen-bond donors (Lipinski definition) is 1. The van der Waals surface area contributed by atoms with Gasteiger partial charge in [0.25, 0.3) is 5.91 Å². The van der Waals surface area contributed by atoms with E-state index < -0.39 is 0 Å². The molecule has 23 heavy (non-hydrogen) atoms. The molecule has 1 amide bonds. The van der Waals surface area contributed by atoms with Crippen LogP contribution in [-0.2, 0) is 0 Å². The Morgan fingerprint density at radius 2 is 1.78 bits per heavy atom. The average molecular weight is 390 g/mol. The van der Waals surface area contributed by atoms with Gasteiger partial charge in [-0.3, -0.25) is 10.1 Å². The Kier molecular flexibility index (Phi) is 4.78. The van der Waals surface area contributed by atoms with Crippen molar-refractivity contribution in [1.29, 1.82) is 0 Å². The molecule has 3 rings (SSSR count). The molecule has 0 radical (unpaired) electrons. The molecule has 0 saturated carbocycles. The summed E-state index contributed by atoms with van der Waals surface area (Å²) in [7, 11) is 0. The molecular weight excluding hydrogens is 378 g/mol. The smallest absolute Gasteiger partial charge is 0.322 e. The van der Waals surface area contributed by atoms with Crippen LogP contribution < -0.4 is 5.32 Å². The summed E-state index contributed by atoms with van der Waals surface area (Å²) in [6.45, 7) is 0. The Labute approximate surface area is 145 Å². The highest BCUT2D eigenvalue weighted by Crippen LogP contribution is 2.22. The summed E-state index contributed by atoms with van der Waals surface area (Å²) in [5.74, 6) is 0.0641. The maximum atomic E-state index is 12.2. The minimum absolute atomic E-state index is 0.0712. The second kappa shape index (κ2) is 6.97. The molecule has 0 bridgehead atoms. The predicted octanol–water partition coefficient (Wildman–Crippen LogP) is 4.47. The summed E-state index contributed by atoms with van der Waals surface area (Å²) in [6.07, 6.45) is 1.98. The van der Waals surface area contributed by atoms with Crippen molar-refractivity contribution in [1.82, 2.24) is 10.2 Å². The topological polar surface area (TPSA) is 68.0 Å². The molecule has 7 heteroatoms. The number of nitrogens with one attached hydrogen (secondary N) is 1. The standard InChI is InChI=1S/C16H12BrN3O2S/c1-23-13-8-4-10(5-9-13)14(21)18-16-20-19-15(22-16)11-2-6-12(17)7-3-11/h2-9H,1H3,(H,18,20,21). The van der Waals surface area contributed by atoms with Crippen molar-refractivity contribution in [2.24, 2.45) is 0 Å². The van der Waals surface area contributed by atoms with E-state index in [2.05, 4.69) is 31.4 Å². The summed E-state index contributed by atoms with van der Waals surface area (Å²) >= 11 is 4.99. The molecule has 116 valence electrons. The van der Waals surface area contributed by atoms with Crippen LogP contribution in [0.15, 0.2) is 62.3 Å². The van der Waals surface area contributed by atoms with Gasteiger partial charge in [-0.05, 0) is 54.8 Å². The van der Waals surface area contributed by atoms with E-state index in [1.807, 2.05) is 42.7 Å². The molecule has 0 aliphatic heterocycles. The highest BCUT2D eigenvalue weighted by atomic mass is 79.9. The quantitative estimate of drug-likeness (QED) is 0.666. The lowest BCUT2D eigenvalue weighted by Crippen LogP contribution is -2.11. The lowest BCUT2D eigenvalue weighted by atomic mass is 10.2. The molecule has 3 aromatic rings. The second-order valence-corrected chi connectivity index (χ2v) is 6.40. The zero-order valence-electron chi connectivity index (χ0n) is 12.1. The monoisotopic (exact) mass is 389 g/mol. The first-order chi connectivity index (χ1) is 11.2. The third-order valence-electron chi connectivity index (χ3n) is 3.09. The number of carbonyl (C=O) groups is 1. The van der Waals surface area contributed by atoms with Crippen LogP contribution in [-0.4, -0.2) is 22.4 Å². The number of rotatable bonds is 4. The SMILES string of the molecule is CSc1ccc(C(=O)Nc2nnc(-c3ccc(Br)cc3)o2)cc1. The van der Waals surface area contributed by atoms with Gasteiger partial charge in [0.05, 0.1) is 0 Å². The molecule has 0 saturated heterocycles. The lowest BCUT2D eigenvalue weighted by molar-refractivity contribution is 0.102. The summed E-state index contributed by atoms with van der Waals surface area (Å²) in [4.78, 5) is 13.2. The number of benzene rings is 2. The first-order valence-corrected chi connectivity index (χ1v) is 8.72. The van der Waals surface area contributed by atoms with Gasteiger partial charge < -0.3 is 4.42 Å². The maximum Gasteiger partial charge on any atom is 0.322 e. The number of hydrogen-bond acceptors (Lipinski definition) is 5. The molecule has 2 aromatic carbocycles. The average Bonchev–Trinajstić information content (AvgIpc) is 3.04. The van der Waals surface area contributed by atoms with Gasteiger partial charge in [0.15, 0.2) is 0 Å². The van der Waals surface area contributed by atoms with E-state index >= 15 is 0 Å². The summed E-state index contributed by atoms with van der Waals surface area (Å²) in [5, 5.41) is 10.4. The van der Waals surface area contributed by atoms with Crippen LogP contribution in [0.1, 0.15) is 10.4 Å². The number of anilines is 1. The van der Waals surface area contributed by atoms with Crippen molar-refractivity contribution in [3.63, 3.8) is 0 Å². The van der Waals surface area contributed by atoms with Crippen molar-refractivity contribution in [3.05, 3.63) is 58.6 Å². The van der Waals surface area contributed by atoms with Crippen molar-refractivity contribution in [2.45, 2.75) is 4.90 Å². The molecule has 1 N–H and O–H groups in total. The van der Waals surface area contributed by atoms with Gasteiger partial charge in [0.1, 0.15) is 0 Å². The first-order valence-electron chi connectivity index (χ1n) is 6.70. The second-order valence-electron chi connectivity index (χ2n) is 4.60. The van der Waals surface area contributed by atoms with E-state index in [0.29, 0.717) is 11.5 Å². The van der Waals surface area contributed by atoms with Crippen LogP contribution in [0.4, 0.5) is 6.01 Å². The Balaban J connectivity index is 1.73. The largest absolute Gasteiger partial charge is 0.403 e. The van der Waals surface area contributed by atoms with Crippen LogP contribution in [0.25, 0.3) is 11.5 Å². The van der Waals surface area contributed by atoms with Crippen molar-refractivity contribution in [3.8, 4) is 11.5 Å². The van der Waals surface area contributed by atoms with Crippen molar-refractivity contribution < 1.29 is 9.21 Å². The van der Waals surface area contributed by atoms with Gasteiger partial charge in [-0.1, -0.05) is 21.0 Å². The molecule has 5 nitrogen and oxygen atoms in total. The zero-order valence-corrected chi connectivity index (χ0v) is 14.5. The molecule has 0 spiro atoms. The van der Waals surface area contributed by atoms with Gasteiger partial charge in [0.2, 0.25) is 5.89 Å². The highest BCUT2D eigenvalue weighted by Gasteiger charge is 2.12. The summed E-state index contributed by atoms with van der Waals surface area (Å²) in [5.41, 5.74) is 1.32. The van der Waals surface area contributed by atoms with Crippen LogP contribution in [0.5, 0.6) is 0 Å². The number of halogens is 1. The lowest BCUT2D eigenvalue weighted by Gasteiger charge is -2.01. The summed E-state index contributed by atoms with van der Waals surface area (Å²) in [6, 6.07) is 14.8. The van der Waals surface area contributed by atoms with E-state index in [9.17, 15) is 4.79 Å². The molecule has 1 heterocycles. The molecule has 0 unspecified atom stereocenters. The van der Waals surface area contributed by atoms with E-state index in [-0.39, 0.29) is 11.9 Å². The number of carbonyl (C=O) groups excluding carboxylic acids is 1. The number of amides is 1. The molecular formula is C16H12BrN3O2S. The van der Waals surface area contributed by atoms with E-state index in [1.54, 1.807) is 23.9 Å². The number of aromatic nitrogens is 2.